The first-order valence-electron chi connectivity index (χ1n) is 7.62. The maximum atomic E-state index is 13.9. The number of nitrogens with zero attached hydrogens (tertiary/aromatic N) is 1. The molecule has 0 spiro atoms. The van der Waals surface area contributed by atoms with Gasteiger partial charge in [0.1, 0.15) is 0 Å². The predicted molar refractivity (Wildman–Crippen MR) is 83.2 cm³/mol. The fourth-order valence-electron chi connectivity index (χ4n) is 2.88. The van der Waals surface area contributed by atoms with Gasteiger partial charge in [0.05, 0.1) is 17.5 Å². The normalized spacial score (nSPS) is 19.1. The molecule has 1 atom stereocenters. The molecule has 0 aliphatic carbocycles. The maximum Gasteiger partial charge on any atom is 0.167 e. The van der Waals surface area contributed by atoms with Crippen molar-refractivity contribution in [2.75, 3.05) is 30.3 Å². The molecular weight excluding hydrogens is 271 g/mol. The highest BCUT2D eigenvalue weighted by atomic mass is 19.1. The first-order valence-corrected chi connectivity index (χ1v) is 7.62. The van der Waals surface area contributed by atoms with Crippen LogP contribution in [0.2, 0.25) is 0 Å². The number of hydrogen-bond donors (Lipinski definition) is 2. The van der Waals surface area contributed by atoms with E-state index in [-0.39, 0.29) is 18.5 Å². The maximum absolute atomic E-state index is 13.9. The van der Waals surface area contributed by atoms with Crippen LogP contribution in [0.15, 0.2) is 12.1 Å². The van der Waals surface area contributed by atoms with Crippen LogP contribution >= 0.6 is 0 Å². The van der Waals surface area contributed by atoms with Crippen LogP contribution in [0.4, 0.5) is 15.8 Å². The van der Waals surface area contributed by atoms with Crippen molar-refractivity contribution in [1.29, 1.82) is 0 Å². The number of anilines is 2. The Labute approximate surface area is 125 Å². The van der Waals surface area contributed by atoms with Crippen molar-refractivity contribution >= 4 is 11.4 Å². The van der Waals surface area contributed by atoms with Crippen molar-refractivity contribution in [2.45, 2.75) is 39.2 Å². The Hall–Kier alpha value is -1.49. The summed E-state index contributed by atoms with van der Waals surface area (Å²) < 4.78 is 19.4. The van der Waals surface area contributed by atoms with Crippen molar-refractivity contribution in [3.05, 3.63) is 17.9 Å². The number of piperidine rings is 1. The third kappa shape index (κ3) is 4.00. The van der Waals surface area contributed by atoms with Crippen molar-refractivity contribution in [3.8, 4) is 5.75 Å². The second-order valence-corrected chi connectivity index (χ2v) is 5.97. The number of hydrogen-bond acceptors (Lipinski definition) is 4. The topological polar surface area (TPSA) is 58.7 Å². The summed E-state index contributed by atoms with van der Waals surface area (Å²) in [7, 11) is 0. The summed E-state index contributed by atoms with van der Waals surface area (Å²) in [5, 5.41) is 9.10. The van der Waals surface area contributed by atoms with Gasteiger partial charge in [-0.15, -0.1) is 0 Å². The number of nitrogen functional groups attached to an aromatic ring is 1. The molecule has 1 aliphatic heterocycles. The molecule has 2 rings (SSSR count). The Kier molecular flexibility index (Phi) is 5.28. The number of ether oxygens (including phenoxy) is 1. The Morgan fingerprint density at radius 1 is 1.48 bits per heavy atom. The van der Waals surface area contributed by atoms with E-state index < -0.39 is 5.82 Å². The number of aliphatic hydroxyl groups is 1. The van der Waals surface area contributed by atoms with Gasteiger partial charge in [0.25, 0.3) is 0 Å². The van der Waals surface area contributed by atoms with Gasteiger partial charge in [-0.05, 0) is 39.0 Å². The summed E-state index contributed by atoms with van der Waals surface area (Å²) in [5.74, 6) is 0.287. The predicted octanol–water partition coefficient (Wildman–Crippen LogP) is 2.79. The second-order valence-electron chi connectivity index (χ2n) is 5.97. The van der Waals surface area contributed by atoms with Crippen LogP contribution in [-0.2, 0) is 0 Å². The summed E-state index contributed by atoms with van der Waals surface area (Å²) in [4.78, 5) is 2.17. The van der Waals surface area contributed by atoms with E-state index in [1.165, 1.54) is 6.07 Å². The minimum absolute atomic E-state index is 0.0838. The molecule has 1 unspecified atom stereocenters. The summed E-state index contributed by atoms with van der Waals surface area (Å²) >= 11 is 0. The number of benzene rings is 1. The molecular formula is C16H25FN2O2. The molecule has 1 aromatic carbocycles. The van der Waals surface area contributed by atoms with Gasteiger partial charge in [-0.25, -0.2) is 4.39 Å². The van der Waals surface area contributed by atoms with E-state index in [9.17, 15) is 4.39 Å². The summed E-state index contributed by atoms with van der Waals surface area (Å²) in [5.41, 5.74) is 7.25. The molecule has 0 saturated carbocycles. The summed E-state index contributed by atoms with van der Waals surface area (Å²) in [6, 6.07) is 3.04. The summed E-state index contributed by atoms with van der Waals surface area (Å²) in [6.45, 7) is 5.69. The second kappa shape index (κ2) is 6.98. The minimum Gasteiger partial charge on any atom is -0.488 e. The zero-order chi connectivity index (χ0) is 15.4. The summed E-state index contributed by atoms with van der Waals surface area (Å²) in [6.07, 6.45) is 2.89. The lowest BCUT2D eigenvalue weighted by Gasteiger charge is -2.35. The van der Waals surface area contributed by atoms with Crippen LogP contribution in [0.3, 0.4) is 0 Å². The Morgan fingerprint density at radius 2 is 2.24 bits per heavy atom. The van der Waals surface area contributed by atoms with E-state index in [1.54, 1.807) is 6.07 Å². The van der Waals surface area contributed by atoms with Crippen LogP contribution in [0.1, 0.15) is 33.1 Å². The van der Waals surface area contributed by atoms with Gasteiger partial charge in [0.15, 0.2) is 11.6 Å². The highest BCUT2D eigenvalue weighted by Crippen LogP contribution is 2.34. The van der Waals surface area contributed by atoms with Crippen LogP contribution in [0.25, 0.3) is 0 Å². The fraction of sp³-hybridized carbons (Fsp3) is 0.625. The molecule has 4 nitrogen and oxygen atoms in total. The molecule has 1 aliphatic rings. The third-order valence-corrected chi connectivity index (χ3v) is 3.84. The molecule has 1 saturated heterocycles. The molecule has 118 valence electrons. The molecule has 1 fully saturated rings. The molecule has 0 amide bonds. The lowest BCUT2D eigenvalue weighted by molar-refractivity contribution is 0.231. The van der Waals surface area contributed by atoms with Gasteiger partial charge in [-0.1, -0.05) is 0 Å². The molecule has 1 aromatic rings. The average Bonchev–Trinajstić information content (AvgIpc) is 2.42. The fourth-order valence-corrected chi connectivity index (χ4v) is 2.88. The van der Waals surface area contributed by atoms with E-state index in [1.807, 2.05) is 13.8 Å². The van der Waals surface area contributed by atoms with E-state index in [2.05, 4.69) is 4.90 Å². The molecule has 5 heteroatoms. The Morgan fingerprint density at radius 3 is 2.90 bits per heavy atom. The molecule has 0 aromatic heterocycles. The Bertz CT molecular complexity index is 478. The first kappa shape index (κ1) is 15.9. The zero-order valence-corrected chi connectivity index (χ0v) is 12.8. The van der Waals surface area contributed by atoms with E-state index in [0.29, 0.717) is 11.6 Å². The number of aliphatic hydroxyl groups excluding tert-OH is 1. The number of rotatable bonds is 5. The SMILES string of the molecule is CC(C)Oc1cc(N2CCCC(CCO)C2)c(N)cc1F. The largest absolute Gasteiger partial charge is 0.488 e. The monoisotopic (exact) mass is 296 g/mol. The minimum atomic E-state index is -0.422. The van der Waals surface area contributed by atoms with Crippen LogP contribution in [0, 0.1) is 11.7 Å². The van der Waals surface area contributed by atoms with E-state index in [0.717, 1.165) is 38.0 Å². The molecule has 21 heavy (non-hydrogen) atoms. The lowest BCUT2D eigenvalue weighted by Crippen LogP contribution is -2.36. The molecule has 0 bridgehead atoms. The first-order chi connectivity index (χ1) is 10.0. The third-order valence-electron chi connectivity index (χ3n) is 3.84. The number of nitrogens with two attached hydrogens (primary N) is 1. The van der Waals surface area contributed by atoms with Gasteiger partial charge in [0.2, 0.25) is 0 Å². The standard InChI is InChI=1S/C16H25FN2O2/c1-11(2)21-16-9-15(14(18)8-13(16)17)19-6-3-4-12(10-19)5-7-20/h8-9,11-12,20H,3-7,10,18H2,1-2H3. The van der Waals surface area contributed by atoms with Gasteiger partial charge in [-0.3, -0.25) is 0 Å². The Balaban J connectivity index is 2.21. The smallest absolute Gasteiger partial charge is 0.167 e. The van der Waals surface area contributed by atoms with Crippen LogP contribution < -0.4 is 15.4 Å². The highest BCUT2D eigenvalue weighted by Gasteiger charge is 2.22. The average molecular weight is 296 g/mol. The zero-order valence-electron chi connectivity index (χ0n) is 12.8. The quantitative estimate of drug-likeness (QED) is 0.820. The lowest BCUT2D eigenvalue weighted by atomic mass is 9.94. The molecule has 3 N–H and O–H groups in total. The highest BCUT2D eigenvalue weighted by molar-refractivity contribution is 5.70. The van der Waals surface area contributed by atoms with Gasteiger partial charge in [0, 0.05) is 31.8 Å². The van der Waals surface area contributed by atoms with Crippen LogP contribution in [-0.4, -0.2) is 30.9 Å². The van der Waals surface area contributed by atoms with E-state index in [4.69, 9.17) is 15.6 Å². The van der Waals surface area contributed by atoms with Crippen molar-refractivity contribution in [3.63, 3.8) is 0 Å². The van der Waals surface area contributed by atoms with Crippen molar-refractivity contribution in [1.82, 2.24) is 0 Å². The van der Waals surface area contributed by atoms with Gasteiger partial charge >= 0.3 is 0 Å². The van der Waals surface area contributed by atoms with Crippen LogP contribution in [0.5, 0.6) is 5.75 Å². The number of halogens is 1. The van der Waals surface area contributed by atoms with Gasteiger partial charge < -0.3 is 20.5 Å². The molecule has 0 radical (unpaired) electrons. The van der Waals surface area contributed by atoms with Gasteiger partial charge in [-0.2, -0.15) is 0 Å². The van der Waals surface area contributed by atoms with Crippen molar-refractivity contribution < 1.29 is 14.2 Å². The molecule has 1 heterocycles. The van der Waals surface area contributed by atoms with Crippen molar-refractivity contribution in [2.24, 2.45) is 5.92 Å². The van der Waals surface area contributed by atoms with E-state index >= 15 is 0 Å².